The molecule has 0 bridgehead atoms. The van der Waals surface area contributed by atoms with Crippen molar-refractivity contribution in [2.24, 2.45) is 11.8 Å². The molecule has 2 aliphatic heterocycles. The number of likely N-dealkylation sites (tertiary alicyclic amines) is 2. The molecule has 168 valence electrons. The highest BCUT2D eigenvalue weighted by Gasteiger charge is 2.47. The number of alkyl halides is 3. The number of methoxy groups -OCH3 is 1. The predicted molar refractivity (Wildman–Crippen MR) is 100 cm³/mol. The van der Waals surface area contributed by atoms with Crippen molar-refractivity contribution in [2.75, 3.05) is 33.3 Å². The highest BCUT2D eigenvalue weighted by molar-refractivity contribution is 5.95. The monoisotopic (exact) mass is 432 g/mol. The van der Waals surface area contributed by atoms with Crippen molar-refractivity contribution in [3.05, 3.63) is 23.7 Å². The summed E-state index contributed by atoms with van der Waals surface area (Å²) in [5, 5.41) is 7.12. The molecule has 7 nitrogen and oxygen atoms in total. The van der Waals surface area contributed by atoms with Crippen LogP contribution in [0.25, 0.3) is 0 Å². The number of carboxylic acids is 1. The van der Waals surface area contributed by atoms with Gasteiger partial charge in [0.1, 0.15) is 5.76 Å². The Morgan fingerprint density at radius 2 is 1.93 bits per heavy atom. The summed E-state index contributed by atoms with van der Waals surface area (Å²) in [5.74, 6) is -0.602. The van der Waals surface area contributed by atoms with Crippen LogP contribution < -0.4 is 0 Å². The van der Waals surface area contributed by atoms with Gasteiger partial charge in [-0.05, 0) is 38.2 Å². The topological polar surface area (TPSA) is 83.2 Å². The van der Waals surface area contributed by atoms with E-state index in [-0.39, 0.29) is 18.1 Å². The molecule has 1 aromatic heterocycles. The first-order valence-corrected chi connectivity index (χ1v) is 10.0. The normalized spacial score (nSPS) is 26.7. The van der Waals surface area contributed by atoms with Crippen LogP contribution in [-0.4, -0.2) is 78.4 Å². The Labute approximate surface area is 172 Å². The number of rotatable bonds is 4. The minimum absolute atomic E-state index is 0.120. The molecule has 4 rings (SSSR count). The summed E-state index contributed by atoms with van der Waals surface area (Å²) < 4.78 is 42.8. The summed E-state index contributed by atoms with van der Waals surface area (Å²) in [6.45, 7) is 5.88. The number of ether oxygens (including phenoxy) is 1. The molecular weight excluding hydrogens is 405 g/mol. The minimum atomic E-state index is -5.08. The number of carbonyl (C=O) groups excluding carboxylic acids is 1. The van der Waals surface area contributed by atoms with E-state index in [1.54, 1.807) is 12.3 Å². The van der Waals surface area contributed by atoms with Gasteiger partial charge in [-0.15, -0.1) is 0 Å². The van der Waals surface area contributed by atoms with Gasteiger partial charge in [-0.1, -0.05) is 0 Å². The highest BCUT2D eigenvalue weighted by atomic mass is 19.4. The van der Waals surface area contributed by atoms with Crippen molar-refractivity contribution >= 4 is 11.9 Å². The Kier molecular flexibility index (Phi) is 6.76. The van der Waals surface area contributed by atoms with Crippen molar-refractivity contribution in [2.45, 2.75) is 44.5 Å². The zero-order valence-electron chi connectivity index (χ0n) is 17.0. The summed E-state index contributed by atoms with van der Waals surface area (Å²) in [7, 11) is 1.81. The molecule has 3 atom stereocenters. The van der Waals surface area contributed by atoms with E-state index >= 15 is 0 Å². The van der Waals surface area contributed by atoms with Gasteiger partial charge in [0.05, 0.1) is 24.0 Å². The van der Waals surface area contributed by atoms with Gasteiger partial charge in [0.15, 0.2) is 0 Å². The molecule has 0 aromatic carbocycles. The summed E-state index contributed by atoms with van der Waals surface area (Å²) in [6.07, 6.45) is 0.471. The van der Waals surface area contributed by atoms with Crippen LogP contribution in [0.1, 0.15) is 35.4 Å². The molecule has 1 aromatic rings. The molecule has 3 heterocycles. The molecule has 3 fully saturated rings. The van der Waals surface area contributed by atoms with Crippen molar-refractivity contribution < 1.29 is 37.0 Å². The van der Waals surface area contributed by atoms with Gasteiger partial charge in [-0.2, -0.15) is 13.2 Å². The summed E-state index contributed by atoms with van der Waals surface area (Å²) in [6, 6.07) is 2.07. The fraction of sp³-hybridized carbons (Fsp3) is 0.700. The van der Waals surface area contributed by atoms with Gasteiger partial charge in [0.2, 0.25) is 0 Å². The molecule has 1 aliphatic carbocycles. The molecular formula is C20H27F3N2O5. The summed E-state index contributed by atoms with van der Waals surface area (Å²) >= 11 is 0. The number of piperidine rings is 1. The number of aliphatic carboxylic acids is 1. The molecule has 1 N–H and O–H groups in total. The van der Waals surface area contributed by atoms with Crippen molar-refractivity contribution in [3.8, 4) is 0 Å². The Bertz CT molecular complexity index is 762. The van der Waals surface area contributed by atoms with Crippen molar-refractivity contribution in [1.29, 1.82) is 0 Å². The Balaban J connectivity index is 0.000000318. The molecule has 2 saturated heterocycles. The van der Waals surface area contributed by atoms with E-state index in [1.165, 1.54) is 19.4 Å². The van der Waals surface area contributed by atoms with E-state index in [0.29, 0.717) is 17.2 Å². The Morgan fingerprint density at radius 3 is 2.43 bits per heavy atom. The lowest BCUT2D eigenvalue weighted by molar-refractivity contribution is -0.192. The van der Waals surface area contributed by atoms with E-state index in [9.17, 15) is 18.0 Å². The lowest BCUT2D eigenvalue weighted by Crippen LogP contribution is -2.53. The smallest absolute Gasteiger partial charge is 0.475 e. The van der Waals surface area contributed by atoms with Gasteiger partial charge in [-0.3, -0.25) is 4.79 Å². The third-order valence-electron chi connectivity index (χ3n) is 6.05. The fourth-order valence-electron chi connectivity index (χ4n) is 4.36. The number of carbonyl (C=O) groups is 2. The second-order valence-electron chi connectivity index (χ2n) is 8.15. The number of halogens is 3. The van der Waals surface area contributed by atoms with Gasteiger partial charge in [-0.25, -0.2) is 4.79 Å². The summed E-state index contributed by atoms with van der Waals surface area (Å²) in [5.41, 5.74) is 0.709. The third kappa shape index (κ3) is 5.15. The Hall–Kier alpha value is -2.07. The first kappa shape index (κ1) is 22.6. The van der Waals surface area contributed by atoms with Crippen LogP contribution in [-0.2, 0) is 9.53 Å². The van der Waals surface area contributed by atoms with Gasteiger partial charge < -0.3 is 24.1 Å². The average molecular weight is 432 g/mol. The largest absolute Gasteiger partial charge is 0.490 e. The highest BCUT2D eigenvalue weighted by Crippen LogP contribution is 2.37. The lowest BCUT2D eigenvalue weighted by Gasteiger charge is -2.41. The number of amides is 1. The third-order valence-corrected chi connectivity index (χ3v) is 6.05. The molecule has 0 unspecified atom stereocenters. The first-order chi connectivity index (χ1) is 14.1. The molecule has 1 saturated carbocycles. The van der Waals surface area contributed by atoms with Crippen LogP contribution in [0.4, 0.5) is 13.2 Å². The van der Waals surface area contributed by atoms with Gasteiger partial charge >= 0.3 is 12.1 Å². The second kappa shape index (κ2) is 8.97. The van der Waals surface area contributed by atoms with Gasteiger partial charge in [0, 0.05) is 39.2 Å². The number of aryl methyl sites for hydroxylation is 1. The SMILES string of the molecule is CO[C@H]1CCN(C(=O)c2ccoc2C)[C@@H]2CN(CC3CC3)C[C@H]12.O=C(O)C(F)(F)F. The van der Waals surface area contributed by atoms with Crippen LogP contribution in [0.2, 0.25) is 0 Å². The fourth-order valence-corrected chi connectivity index (χ4v) is 4.36. The molecule has 0 spiro atoms. The number of carboxylic acid groups (broad SMARTS) is 1. The maximum atomic E-state index is 13.0. The van der Waals surface area contributed by atoms with Crippen LogP contribution in [0.5, 0.6) is 0 Å². The molecule has 3 aliphatic rings. The lowest BCUT2D eigenvalue weighted by atomic mass is 9.88. The maximum absolute atomic E-state index is 13.0. The molecule has 1 amide bonds. The first-order valence-electron chi connectivity index (χ1n) is 10.0. The zero-order chi connectivity index (χ0) is 22.1. The van der Waals surface area contributed by atoms with E-state index in [4.69, 9.17) is 19.1 Å². The summed E-state index contributed by atoms with van der Waals surface area (Å²) in [4.78, 5) is 26.5. The van der Waals surface area contributed by atoms with E-state index in [0.717, 1.165) is 32.0 Å². The van der Waals surface area contributed by atoms with Crippen LogP contribution >= 0.6 is 0 Å². The number of fused-ring (bicyclic) bond motifs is 1. The standard InChI is InChI=1S/C18H26N2O3.C2HF3O2/c1-12-14(6-8-23-12)18(21)20-7-5-17(22-2)15-10-19(11-16(15)20)9-13-3-4-13;3-2(4,5)1(6)7/h6,8,13,15-17H,3-5,7,9-11H2,1-2H3;(H,6,7)/t15-,16+,17-;/m0./s1. The van der Waals surface area contributed by atoms with Gasteiger partial charge in [0.25, 0.3) is 5.91 Å². The number of furan rings is 1. The number of hydrogen-bond donors (Lipinski definition) is 1. The van der Waals surface area contributed by atoms with E-state index < -0.39 is 12.1 Å². The molecule has 30 heavy (non-hydrogen) atoms. The Morgan fingerprint density at radius 1 is 1.27 bits per heavy atom. The average Bonchev–Trinajstić information content (AvgIpc) is 3.21. The maximum Gasteiger partial charge on any atom is 0.490 e. The van der Waals surface area contributed by atoms with Crippen LogP contribution in [0.3, 0.4) is 0 Å². The predicted octanol–water partition coefficient (Wildman–Crippen LogP) is 2.79. The van der Waals surface area contributed by atoms with E-state index in [1.807, 2.05) is 14.0 Å². The second-order valence-corrected chi connectivity index (χ2v) is 8.15. The van der Waals surface area contributed by atoms with Crippen LogP contribution in [0, 0.1) is 18.8 Å². The van der Waals surface area contributed by atoms with Crippen molar-refractivity contribution in [3.63, 3.8) is 0 Å². The quantitative estimate of drug-likeness (QED) is 0.788. The van der Waals surface area contributed by atoms with Crippen LogP contribution in [0.15, 0.2) is 16.7 Å². The van der Waals surface area contributed by atoms with Crippen molar-refractivity contribution in [1.82, 2.24) is 9.80 Å². The molecule has 0 radical (unpaired) electrons. The number of hydrogen-bond acceptors (Lipinski definition) is 5. The zero-order valence-corrected chi connectivity index (χ0v) is 17.0. The van der Waals surface area contributed by atoms with E-state index in [2.05, 4.69) is 9.80 Å². The number of nitrogens with zero attached hydrogens (tertiary/aromatic N) is 2. The minimum Gasteiger partial charge on any atom is -0.475 e. The molecule has 10 heteroatoms.